The standard InChI is InChI=1S/C42H46O8S.C34H38O6S.C24H18O4S.C7H8O2.C5H11BrO.C4H6O2.C4H8O/c1-29(2)39(43)49-27-41(5,6)25-47-35-17-9-31(10-18-35)33-13-21-37(22-14-33)51(45,46)38-23-15-34(16-24-38)32-11-19-36(20-12-32)48-26-42(7,8)28-50-40(44)30(3)4;1-33(2,21-35)23-39-29-13-5-25(6-14-29)27-9-17-31(18-10-27)41(37,38)32-19-11-28(12-20-32)26-7-15-30(16-8-26)40-24-34(3,4)22-36;25-21-9-1-17(2-10-21)19-5-13-23(14-6-19)29(27,28)24-15-7-20(8-16-24)18-3-11-22(26)12-4-18;1-9-7-4-2-6(8)3-5-7;1-5(2,3-6)4-7;1-3(2)4(5)6;1-2-4-5-3-1/h9-24H,1,3,25-28H2,2,4-8H3;5-20,35-36H,21-24H2,1-4H3;1-16,25-26H;2-5,8H,1H3;7H,3-4H2,1-2H3;1H2,2H3,(H,5,6);1-4H2. The van der Waals surface area contributed by atoms with Gasteiger partial charge < -0.3 is 73.6 Å². The maximum Gasteiger partial charge on any atom is 0.333 e. The summed E-state index contributed by atoms with van der Waals surface area (Å²) in [7, 11) is -9.46. The Kier molecular flexibility index (Phi) is 44.9. The topological polar surface area (TPSA) is 369 Å². The average molecular weight is 2140 g/mol. The number of hydrogen-bond donors (Lipinski definition) is 7. The number of aliphatic carboxylic acids is 1. The molecule has 7 N–H and O–H groups in total. The number of aliphatic hydroxyl groups is 3. The Morgan fingerprint density at radius 3 is 0.622 bits per heavy atom. The van der Waals surface area contributed by atoms with E-state index >= 15 is 0 Å². The van der Waals surface area contributed by atoms with Crippen molar-refractivity contribution in [2.24, 2.45) is 27.1 Å². The first-order valence-corrected chi connectivity index (χ1v) is 53.2. The van der Waals surface area contributed by atoms with Crippen molar-refractivity contribution in [2.45, 2.75) is 132 Å². The Morgan fingerprint density at radius 1 is 0.291 bits per heavy atom. The highest BCUT2D eigenvalue weighted by Gasteiger charge is 2.28. The zero-order valence-electron chi connectivity index (χ0n) is 86.2. The second-order valence-corrected chi connectivity index (χ2v) is 45.7. The van der Waals surface area contributed by atoms with Gasteiger partial charge in [-0.1, -0.05) is 250 Å². The fourth-order valence-corrected chi connectivity index (χ4v) is 16.8. The number of rotatable bonds is 36. The maximum atomic E-state index is 13.5. The molecule has 1 aliphatic rings. The molecule has 1 aliphatic heterocycles. The minimum Gasteiger partial charge on any atom is -0.508 e. The summed E-state index contributed by atoms with van der Waals surface area (Å²) < 4.78 is 123. The molecule has 1 heterocycles. The Labute approximate surface area is 879 Å². The average Bonchev–Trinajstić information content (AvgIpc) is 0.911. The van der Waals surface area contributed by atoms with Gasteiger partial charge >= 0.3 is 17.9 Å². The zero-order chi connectivity index (χ0) is 109. The lowest BCUT2D eigenvalue weighted by atomic mass is 9.96. The van der Waals surface area contributed by atoms with Crippen LogP contribution in [0.3, 0.4) is 0 Å². The number of carboxylic acid groups (broad SMARTS) is 1. The van der Waals surface area contributed by atoms with Gasteiger partial charge in [0.25, 0.3) is 0 Å². The second kappa shape index (κ2) is 55.7. The molecule has 0 spiro atoms. The Balaban J connectivity index is 0.000000244. The Morgan fingerprint density at radius 2 is 0.466 bits per heavy atom. The van der Waals surface area contributed by atoms with Crippen molar-refractivity contribution in [1.29, 1.82) is 0 Å². The van der Waals surface area contributed by atoms with Crippen molar-refractivity contribution in [2.75, 3.05) is 85.1 Å². The number of halogens is 1. The normalized spacial score (nSPS) is 11.9. The number of carbonyl (C=O) groups excluding carboxylic acids is 2. The van der Waals surface area contributed by atoms with Gasteiger partial charge in [-0.3, -0.25) is 0 Å². The second-order valence-electron chi connectivity index (χ2n) is 39.2. The summed E-state index contributed by atoms with van der Waals surface area (Å²) >= 11 is 3.27. The first-order valence-electron chi connectivity index (χ1n) is 47.6. The van der Waals surface area contributed by atoms with E-state index < -0.39 is 58.2 Å². The molecule has 0 saturated carbocycles. The van der Waals surface area contributed by atoms with Gasteiger partial charge in [-0.15, -0.1) is 0 Å². The molecule has 28 heteroatoms. The molecule has 14 rings (SSSR count). The molecule has 784 valence electrons. The van der Waals surface area contributed by atoms with E-state index in [-0.39, 0.29) is 101 Å². The van der Waals surface area contributed by atoms with Gasteiger partial charge in [0.05, 0.1) is 89.3 Å². The van der Waals surface area contributed by atoms with Crippen LogP contribution in [0.1, 0.15) is 103 Å². The molecule has 0 aliphatic carbocycles. The number of alkyl halides is 1. The molecular weight excluding hydrogens is 2000 g/mol. The molecule has 0 atom stereocenters. The molecular formula is C120H135BrO24S3. The summed E-state index contributed by atoms with van der Waals surface area (Å²) in [6, 6.07) is 91.0. The number of sulfone groups is 3. The fraction of sp³-hybridized carbons (Fsp3) is 0.275. The van der Waals surface area contributed by atoms with E-state index in [0.29, 0.717) is 60.6 Å². The fourth-order valence-electron chi connectivity index (χ4n) is 12.8. The summed E-state index contributed by atoms with van der Waals surface area (Å²) in [4.78, 5) is 34.3. The highest BCUT2D eigenvalue weighted by molar-refractivity contribution is 9.09. The molecule has 0 unspecified atom stereocenters. The number of esters is 2. The van der Waals surface area contributed by atoms with Crippen molar-refractivity contribution < 1.29 is 113 Å². The molecule has 148 heavy (non-hydrogen) atoms. The van der Waals surface area contributed by atoms with Gasteiger partial charge in [0.15, 0.2) is 0 Å². The lowest BCUT2D eigenvalue weighted by Crippen LogP contribution is -2.28. The minimum absolute atomic E-state index is 0.0419. The first kappa shape index (κ1) is 119. The molecule has 1 fully saturated rings. The molecule has 0 aromatic heterocycles. The van der Waals surface area contributed by atoms with Gasteiger partial charge in [-0.05, 0) is 276 Å². The third kappa shape index (κ3) is 38.4. The van der Waals surface area contributed by atoms with Crippen molar-refractivity contribution in [1.82, 2.24) is 0 Å². The maximum absolute atomic E-state index is 13.5. The van der Waals surface area contributed by atoms with Gasteiger partial charge in [-0.25, -0.2) is 39.6 Å². The molecule has 0 radical (unpaired) electrons. The summed E-state index contributed by atoms with van der Waals surface area (Å²) in [5.41, 5.74) is 10.3. The summed E-state index contributed by atoms with van der Waals surface area (Å²) in [5.74, 6) is 2.37. The number of phenolic OH excluding ortho intramolecular Hbond substituents is 3. The smallest absolute Gasteiger partial charge is 0.333 e. The minimum atomic E-state index is -3.74. The molecule has 13 aromatic carbocycles. The van der Waals surface area contributed by atoms with Gasteiger partial charge in [0.1, 0.15) is 46.0 Å². The number of carbonyl (C=O) groups is 3. The number of phenols is 3. The van der Waals surface area contributed by atoms with Crippen LogP contribution in [0.4, 0.5) is 0 Å². The lowest BCUT2D eigenvalue weighted by Gasteiger charge is -2.24. The Hall–Kier alpha value is -13.9. The number of hydrogen-bond acceptors (Lipinski definition) is 23. The molecule has 1 saturated heterocycles. The van der Waals surface area contributed by atoms with Crippen LogP contribution in [0.5, 0.6) is 46.0 Å². The van der Waals surface area contributed by atoms with Crippen LogP contribution in [0.15, 0.2) is 381 Å². The highest BCUT2D eigenvalue weighted by atomic mass is 79.9. The van der Waals surface area contributed by atoms with Crippen LogP contribution >= 0.6 is 15.9 Å². The first-order chi connectivity index (χ1) is 69.9. The predicted molar refractivity (Wildman–Crippen MR) is 586 cm³/mol. The van der Waals surface area contributed by atoms with Crippen LogP contribution in [-0.2, 0) is 58.1 Å². The lowest BCUT2D eigenvalue weighted by molar-refractivity contribution is -0.143. The number of aromatic hydroxyl groups is 3. The molecule has 0 amide bonds. The van der Waals surface area contributed by atoms with Crippen molar-refractivity contribution in [3.63, 3.8) is 0 Å². The molecule has 24 nitrogen and oxygen atoms in total. The largest absolute Gasteiger partial charge is 0.508 e. The molecule has 0 bridgehead atoms. The van der Waals surface area contributed by atoms with E-state index in [9.17, 15) is 60.1 Å². The number of methoxy groups -OCH3 is 1. The van der Waals surface area contributed by atoms with E-state index in [1.165, 1.54) is 19.8 Å². The van der Waals surface area contributed by atoms with Crippen LogP contribution in [0.2, 0.25) is 0 Å². The summed E-state index contributed by atoms with van der Waals surface area (Å²) in [6.45, 7) is 38.8. The van der Waals surface area contributed by atoms with Crippen molar-refractivity contribution in [3.05, 3.63) is 352 Å². The Bertz CT molecular complexity index is 6420. The van der Waals surface area contributed by atoms with E-state index in [4.69, 9.17) is 53.2 Å². The number of aliphatic hydroxyl groups excluding tert-OH is 3. The third-order valence-corrected chi connectivity index (χ3v) is 29.3. The van der Waals surface area contributed by atoms with Crippen LogP contribution in [0.25, 0.3) is 66.8 Å². The van der Waals surface area contributed by atoms with Crippen molar-refractivity contribution >= 4 is 63.3 Å². The summed E-state index contributed by atoms with van der Waals surface area (Å²) in [5, 5.41) is 63.7. The summed E-state index contributed by atoms with van der Waals surface area (Å²) in [6.07, 6.45) is 2.56. The van der Waals surface area contributed by atoms with Gasteiger partial charge in [0.2, 0.25) is 29.5 Å². The van der Waals surface area contributed by atoms with E-state index in [2.05, 4.69) is 35.7 Å². The highest BCUT2D eigenvalue weighted by Crippen LogP contribution is 2.37. The van der Waals surface area contributed by atoms with Crippen molar-refractivity contribution in [3.8, 4) is 113 Å². The van der Waals surface area contributed by atoms with Crippen LogP contribution in [0, 0.1) is 27.1 Å². The monoisotopic (exact) mass is 2130 g/mol. The van der Waals surface area contributed by atoms with E-state index in [1.807, 2.05) is 166 Å². The van der Waals surface area contributed by atoms with Gasteiger partial charge in [-0.2, -0.15) is 0 Å². The van der Waals surface area contributed by atoms with E-state index in [1.54, 1.807) is 239 Å². The number of carboxylic acids is 1. The van der Waals surface area contributed by atoms with Gasteiger partial charge in [0, 0.05) is 63.5 Å². The third-order valence-electron chi connectivity index (χ3n) is 22.5. The van der Waals surface area contributed by atoms with E-state index in [0.717, 1.165) is 91.1 Å². The number of ether oxygens (including phenoxy) is 8. The predicted octanol–water partition coefficient (Wildman–Crippen LogP) is 25.1. The zero-order valence-corrected chi connectivity index (χ0v) is 90.3. The van der Waals surface area contributed by atoms with Crippen LogP contribution in [-0.4, -0.2) is 164 Å². The van der Waals surface area contributed by atoms with Crippen LogP contribution < -0.4 is 23.7 Å². The quantitative estimate of drug-likeness (QED) is 0.0109. The molecule has 13 aromatic rings. The number of benzene rings is 13. The SMILES string of the molecule is C1CCOC1.C=C(C)C(=O)O.C=C(C)C(=O)OCC(C)(C)COc1ccc(-c2ccc(S(=O)(=O)c3ccc(-c4ccc(OCC(C)(C)COC(=O)C(=C)C)cc4)cc3)cc2)cc1.CC(C)(CO)CBr.CC(C)(CO)COc1ccc(-c2ccc(S(=O)(=O)c3ccc(-c4ccc(OCC(C)(C)CO)cc4)cc3)cc2)cc1.COc1ccc(O)cc1.O=S(=O)(c1ccc(-c2ccc(O)cc2)cc1)c1ccc(-c2ccc(O)cc2)cc1.